The van der Waals surface area contributed by atoms with Crippen LogP contribution in [0.3, 0.4) is 0 Å². The molecule has 3 N–H and O–H groups in total. The highest BCUT2D eigenvalue weighted by atomic mass is 16.3. The molecule has 4 heteroatoms. The summed E-state index contributed by atoms with van der Waals surface area (Å²) in [6, 6.07) is 3.36. The van der Waals surface area contributed by atoms with Gasteiger partial charge < -0.3 is 10.8 Å². The van der Waals surface area contributed by atoms with Crippen LogP contribution in [0.1, 0.15) is 12.5 Å². The molecular weight excluding hydrogens is 190 g/mol. The van der Waals surface area contributed by atoms with E-state index < -0.39 is 0 Å². The third kappa shape index (κ3) is 2.89. The molecule has 1 atom stereocenters. The fourth-order valence-corrected chi connectivity index (χ4v) is 1.21. The lowest BCUT2D eigenvalue weighted by Crippen LogP contribution is -2.11. The maximum Gasteiger partial charge on any atom is 0.132 e. The van der Waals surface area contributed by atoms with E-state index in [0.717, 1.165) is 11.3 Å². The van der Waals surface area contributed by atoms with E-state index in [4.69, 9.17) is 10.8 Å². The summed E-state index contributed by atoms with van der Waals surface area (Å²) in [5.74, 6) is 0.444. The molecule has 0 aliphatic carbocycles. The van der Waals surface area contributed by atoms with E-state index in [1.165, 1.54) is 0 Å². The average molecular weight is 205 g/mol. The number of pyridine rings is 1. The predicted octanol–water partition coefficient (Wildman–Crippen LogP) is 1.02. The summed E-state index contributed by atoms with van der Waals surface area (Å²) in [5, 5.41) is 8.97. The van der Waals surface area contributed by atoms with E-state index in [2.05, 4.69) is 16.6 Å². The van der Waals surface area contributed by atoms with Crippen molar-refractivity contribution >= 4 is 11.5 Å². The van der Waals surface area contributed by atoms with Gasteiger partial charge in [-0.25, -0.2) is 4.98 Å². The van der Waals surface area contributed by atoms with Crippen molar-refractivity contribution < 1.29 is 5.11 Å². The Hall–Kier alpha value is -1.68. The molecule has 4 nitrogen and oxygen atoms in total. The maximum absolute atomic E-state index is 8.97. The summed E-state index contributed by atoms with van der Waals surface area (Å²) in [7, 11) is 0. The third-order valence-electron chi connectivity index (χ3n) is 2.05. The standard InChI is InChI=1S/C11H15N3O/c1-3-9(7-15)14-8(2)10-5-4-6-13-11(10)12/h3-6,9,15H,1,7H2,2H3,(H2,12,13)/b14-8-/t9-/m0/s1. The van der Waals surface area contributed by atoms with Crippen LogP contribution in [0, 0.1) is 0 Å². The van der Waals surface area contributed by atoms with Crippen LogP contribution in [-0.2, 0) is 0 Å². The van der Waals surface area contributed by atoms with Gasteiger partial charge in [0.25, 0.3) is 0 Å². The molecule has 0 aromatic carbocycles. The van der Waals surface area contributed by atoms with Gasteiger partial charge in [-0.05, 0) is 19.1 Å². The van der Waals surface area contributed by atoms with Crippen molar-refractivity contribution in [2.45, 2.75) is 13.0 Å². The van der Waals surface area contributed by atoms with Gasteiger partial charge in [-0.2, -0.15) is 0 Å². The molecule has 0 amide bonds. The lowest BCUT2D eigenvalue weighted by Gasteiger charge is -2.07. The van der Waals surface area contributed by atoms with Gasteiger partial charge in [-0.3, -0.25) is 4.99 Å². The van der Waals surface area contributed by atoms with Crippen LogP contribution in [0.5, 0.6) is 0 Å². The normalized spacial score (nSPS) is 13.6. The molecule has 0 bridgehead atoms. The number of anilines is 1. The number of hydrogen-bond acceptors (Lipinski definition) is 4. The second-order valence-corrected chi connectivity index (χ2v) is 3.14. The Bertz CT molecular complexity index is 374. The second-order valence-electron chi connectivity index (χ2n) is 3.14. The smallest absolute Gasteiger partial charge is 0.132 e. The third-order valence-corrected chi connectivity index (χ3v) is 2.05. The zero-order valence-electron chi connectivity index (χ0n) is 8.72. The van der Waals surface area contributed by atoms with Crippen LogP contribution in [-0.4, -0.2) is 28.5 Å². The molecule has 1 aromatic heterocycles. The van der Waals surface area contributed by atoms with Gasteiger partial charge >= 0.3 is 0 Å². The van der Waals surface area contributed by atoms with Gasteiger partial charge in [0.15, 0.2) is 0 Å². The Kier molecular flexibility index (Phi) is 4.00. The Morgan fingerprint density at radius 3 is 3.07 bits per heavy atom. The van der Waals surface area contributed by atoms with Crippen molar-refractivity contribution in [3.63, 3.8) is 0 Å². The molecule has 15 heavy (non-hydrogen) atoms. The number of nitrogens with two attached hydrogens (primary N) is 1. The molecule has 0 spiro atoms. The zero-order valence-corrected chi connectivity index (χ0v) is 8.72. The van der Waals surface area contributed by atoms with Crippen molar-refractivity contribution in [2.75, 3.05) is 12.3 Å². The highest BCUT2D eigenvalue weighted by molar-refractivity contribution is 6.02. The SMILES string of the molecule is C=C[C@@H](CO)/N=C(/C)c1cccnc1N. The van der Waals surface area contributed by atoms with Crippen LogP contribution in [0.4, 0.5) is 5.82 Å². The van der Waals surface area contributed by atoms with E-state index in [1.807, 2.05) is 13.0 Å². The number of rotatable bonds is 4. The number of nitrogens with zero attached hydrogens (tertiary/aromatic N) is 2. The molecule has 1 aromatic rings. The van der Waals surface area contributed by atoms with Crippen molar-refractivity contribution in [2.24, 2.45) is 4.99 Å². The summed E-state index contributed by atoms with van der Waals surface area (Å²) in [4.78, 5) is 8.24. The van der Waals surface area contributed by atoms with Crippen LogP contribution < -0.4 is 5.73 Å². The topological polar surface area (TPSA) is 71.5 Å². The molecule has 0 unspecified atom stereocenters. The molecule has 80 valence electrons. The van der Waals surface area contributed by atoms with Crippen LogP contribution in [0.2, 0.25) is 0 Å². The quantitative estimate of drug-likeness (QED) is 0.569. The summed E-state index contributed by atoms with van der Waals surface area (Å²) in [5.41, 5.74) is 7.24. The average Bonchev–Trinajstić information content (AvgIpc) is 2.26. The monoisotopic (exact) mass is 205 g/mol. The molecule has 0 aliphatic heterocycles. The van der Waals surface area contributed by atoms with E-state index >= 15 is 0 Å². The fraction of sp³-hybridized carbons (Fsp3) is 0.273. The maximum atomic E-state index is 8.97. The number of hydrogen-bond donors (Lipinski definition) is 2. The summed E-state index contributed by atoms with van der Waals surface area (Å²) in [6.07, 6.45) is 3.22. The molecule has 1 heterocycles. The largest absolute Gasteiger partial charge is 0.394 e. The second kappa shape index (κ2) is 5.26. The predicted molar refractivity (Wildman–Crippen MR) is 61.9 cm³/mol. The van der Waals surface area contributed by atoms with Gasteiger partial charge in [0.2, 0.25) is 0 Å². The van der Waals surface area contributed by atoms with Crippen molar-refractivity contribution in [3.05, 3.63) is 36.5 Å². The van der Waals surface area contributed by atoms with Gasteiger partial charge in [0, 0.05) is 17.5 Å². The van der Waals surface area contributed by atoms with E-state index in [9.17, 15) is 0 Å². The lowest BCUT2D eigenvalue weighted by molar-refractivity contribution is 0.285. The minimum Gasteiger partial charge on any atom is -0.394 e. The Balaban J connectivity index is 2.98. The highest BCUT2D eigenvalue weighted by Crippen LogP contribution is 2.09. The molecule has 0 radical (unpaired) electrons. The summed E-state index contributed by atoms with van der Waals surface area (Å²) >= 11 is 0. The van der Waals surface area contributed by atoms with Crippen LogP contribution in [0.15, 0.2) is 36.0 Å². The Labute approximate surface area is 89.2 Å². The first-order valence-electron chi connectivity index (χ1n) is 4.67. The van der Waals surface area contributed by atoms with Crippen molar-refractivity contribution in [1.82, 2.24) is 4.98 Å². The summed E-state index contributed by atoms with van der Waals surface area (Å²) in [6.45, 7) is 5.37. The summed E-state index contributed by atoms with van der Waals surface area (Å²) < 4.78 is 0. The molecular formula is C11H15N3O. The van der Waals surface area contributed by atoms with E-state index in [0.29, 0.717) is 5.82 Å². The van der Waals surface area contributed by atoms with Crippen LogP contribution >= 0.6 is 0 Å². The fourth-order valence-electron chi connectivity index (χ4n) is 1.21. The Morgan fingerprint density at radius 2 is 2.53 bits per heavy atom. The number of aromatic nitrogens is 1. The van der Waals surface area contributed by atoms with E-state index in [-0.39, 0.29) is 12.6 Å². The molecule has 0 aliphatic rings. The first-order valence-corrected chi connectivity index (χ1v) is 4.67. The highest BCUT2D eigenvalue weighted by Gasteiger charge is 2.05. The van der Waals surface area contributed by atoms with Crippen LogP contribution in [0.25, 0.3) is 0 Å². The molecule has 0 fully saturated rings. The van der Waals surface area contributed by atoms with Gasteiger partial charge in [-0.15, -0.1) is 6.58 Å². The lowest BCUT2D eigenvalue weighted by atomic mass is 10.1. The Morgan fingerprint density at radius 1 is 1.80 bits per heavy atom. The first-order chi connectivity index (χ1) is 7.19. The molecule has 0 saturated heterocycles. The van der Waals surface area contributed by atoms with E-state index in [1.54, 1.807) is 18.3 Å². The minimum atomic E-state index is -0.287. The molecule has 0 saturated carbocycles. The van der Waals surface area contributed by atoms with Crippen molar-refractivity contribution in [3.8, 4) is 0 Å². The first kappa shape index (κ1) is 11.4. The van der Waals surface area contributed by atoms with Gasteiger partial charge in [0.1, 0.15) is 5.82 Å². The number of aliphatic hydroxyl groups excluding tert-OH is 1. The zero-order chi connectivity index (χ0) is 11.3. The van der Waals surface area contributed by atoms with Gasteiger partial charge in [-0.1, -0.05) is 6.08 Å². The number of nitrogen functional groups attached to an aromatic ring is 1. The number of aliphatic imine (C=N–C) groups is 1. The van der Waals surface area contributed by atoms with Gasteiger partial charge in [0.05, 0.1) is 12.6 Å². The van der Waals surface area contributed by atoms with Crippen molar-refractivity contribution in [1.29, 1.82) is 0 Å². The minimum absolute atomic E-state index is 0.0546. The number of aliphatic hydroxyl groups is 1. The molecule has 1 rings (SSSR count).